The average molecular weight is 588 g/mol. The van der Waals surface area contributed by atoms with Crippen molar-refractivity contribution in [2.75, 3.05) is 11.4 Å². The Morgan fingerprint density at radius 2 is 1.79 bits per heavy atom. The fourth-order valence-corrected chi connectivity index (χ4v) is 6.69. The molecule has 2 aliphatic heterocycles. The Kier molecular flexibility index (Phi) is 6.86. The predicted octanol–water partition coefficient (Wildman–Crippen LogP) is 7.52. The third-order valence-electron chi connectivity index (χ3n) is 5.31. The SMILES string of the molecule is O=C1C(=Cc2cccc(Br)c2)SC(=S)N1CCC(=O)N1c2ccccc2Sc2ccc(Cl)cc21. The Bertz CT molecular complexity index is 1380. The summed E-state index contributed by atoms with van der Waals surface area (Å²) < 4.78 is 1.39. The number of hydrogen-bond donors (Lipinski definition) is 0. The minimum Gasteiger partial charge on any atom is -0.292 e. The van der Waals surface area contributed by atoms with Crippen LogP contribution in [0, 0.1) is 0 Å². The van der Waals surface area contributed by atoms with Gasteiger partial charge in [0.2, 0.25) is 5.91 Å². The number of para-hydroxylation sites is 1. The molecule has 1 fully saturated rings. The standard InChI is InChI=1S/C25H16BrClN2O2S3/c26-16-5-3-4-15(12-16)13-22-24(31)28(25(32)34-22)11-10-23(30)29-18-6-1-2-7-20(18)33-21-9-8-17(27)14-19(21)29/h1-9,12-14H,10-11H2. The monoisotopic (exact) mass is 586 g/mol. The summed E-state index contributed by atoms with van der Waals surface area (Å²) in [5.41, 5.74) is 2.47. The Labute approximate surface area is 224 Å². The molecule has 0 bridgehead atoms. The van der Waals surface area contributed by atoms with Crippen LogP contribution in [0.1, 0.15) is 12.0 Å². The fourth-order valence-electron chi connectivity index (χ4n) is 3.76. The van der Waals surface area contributed by atoms with Gasteiger partial charge in [0.25, 0.3) is 5.91 Å². The molecule has 0 aliphatic carbocycles. The van der Waals surface area contributed by atoms with Crippen molar-refractivity contribution in [2.24, 2.45) is 0 Å². The molecule has 0 aromatic heterocycles. The second-order valence-electron chi connectivity index (χ2n) is 7.55. The number of benzene rings is 3. The van der Waals surface area contributed by atoms with E-state index in [-0.39, 0.29) is 24.8 Å². The van der Waals surface area contributed by atoms with Gasteiger partial charge in [0.15, 0.2) is 0 Å². The van der Waals surface area contributed by atoms with E-state index in [0.717, 1.165) is 31.2 Å². The van der Waals surface area contributed by atoms with Crippen LogP contribution in [0.5, 0.6) is 0 Å². The van der Waals surface area contributed by atoms with E-state index in [1.54, 1.807) is 22.7 Å². The molecule has 9 heteroatoms. The number of hydrogen-bond acceptors (Lipinski definition) is 5. The maximum absolute atomic E-state index is 13.5. The molecule has 0 radical (unpaired) electrons. The lowest BCUT2D eigenvalue weighted by atomic mass is 10.2. The van der Waals surface area contributed by atoms with Crippen molar-refractivity contribution in [3.05, 3.63) is 86.7 Å². The van der Waals surface area contributed by atoms with Crippen molar-refractivity contribution in [3.63, 3.8) is 0 Å². The summed E-state index contributed by atoms with van der Waals surface area (Å²) >= 11 is 18.0. The van der Waals surface area contributed by atoms with E-state index >= 15 is 0 Å². The molecule has 5 rings (SSSR count). The highest BCUT2D eigenvalue weighted by Crippen LogP contribution is 2.49. The van der Waals surface area contributed by atoms with Gasteiger partial charge in [-0.05, 0) is 54.1 Å². The van der Waals surface area contributed by atoms with Crippen LogP contribution in [-0.2, 0) is 9.59 Å². The molecule has 1 saturated heterocycles. The van der Waals surface area contributed by atoms with Gasteiger partial charge >= 0.3 is 0 Å². The molecule has 0 unspecified atom stereocenters. The van der Waals surface area contributed by atoms with Crippen molar-refractivity contribution >= 4 is 96.9 Å². The van der Waals surface area contributed by atoms with Gasteiger partial charge in [-0.3, -0.25) is 19.4 Å². The molecule has 3 aromatic rings. The predicted molar refractivity (Wildman–Crippen MR) is 148 cm³/mol. The number of thiocarbonyl (C=S) groups is 1. The molecule has 2 heterocycles. The Morgan fingerprint density at radius 3 is 2.62 bits per heavy atom. The van der Waals surface area contributed by atoms with E-state index < -0.39 is 0 Å². The number of halogens is 2. The van der Waals surface area contributed by atoms with Gasteiger partial charge in [-0.1, -0.05) is 87.5 Å². The molecule has 2 amide bonds. The van der Waals surface area contributed by atoms with Crippen molar-refractivity contribution in [2.45, 2.75) is 16.2 Å². The number of carbonyl (C=O) groups is 2. The molecular weight excluding hydrogens is 572 g/mol. The van der Waals surface area contributed by atoms with Crippen LogP contribution in [0.25, 0.3) is 6.08 Å². The first-order chi connectivity index (χ1) is 16.4. The highest BCUT2D eigenvalue weighted by molar-refractivity contribution is 9.10. The number of carbonyl (C=O) groups excluding carboxylic acids is 2. The highest BCUT2D eigenvalue weighted by atomic mass is 79.9. The van der Waals surface area contributed by atoms with E-state index in [2.05, 4.69) is 15.9 Å². The van der Waals surface area contributed by atoms with Gasteiger partial charge < -0.3 is 0 Å². The number of anilines is 2. The third kappa shape index (κ3) is 4.70. The summed E-state index contributed by atoms with van der Waals surface area (Å²) in [6.07, 6.45) is 1.95. The normalized spacial score (nSPS) is 16.1. The summed E-state index contributed by atoms with van der Waals surface area (Å²) in [5, 5.41) is 0.561. The Balaban J connectivity index is 1.36. The zero-order valence-electron chi connectivity index (χ0n) is 17.5. The van der Waals surface area contributed by atoms with Crippen molar-refractivity contribution in [3.8, 4) is 0 Å². The maximum Gasteiger partial charge on any atom is 0.266 e. The first-order valence-corrected chi connectivity index (χ1v) is 13.5. The van der Waals surface area contributed by atoms with E-state index in [9.17, 15) is 9.59 Å². The zero-order chi connectivity index (χ0) is 23.8. The summed E-state index contributed by atoms with van der Waals surface area (Å²) in [6, 6.07) is 21.0. The minimum absolute atomic E-state index is 0.124. The van der Waals surface area contributed by atoms with Crippen LogP contribution in [0.15, 0.2) is 85.9 Å². The lowest BCUT2D eigenvalue weighted by molar-refractivity contribution is -0.123. The molecule has 34 heavy (non-hydrogen) atoms. The second kappa shape index (κ2) is 9.87. The largest absolute Gasteiger partial charge is 0.292 e. The van der Waals surface area contributed by atoms with Gasteiger partial charge in [-0.15, -0.1) is 0 Å². The molecular formula is C25H16BrClN2O2S3. The van der Waals surface area contributed by atoms with Crippen molar-refractivity contribution in [1.82, 2.24) is 4.90 Å². The van der Waals surface area contributed by atoms with Crippen molar-refractivity contribution < 1.29 is 9.59 Å². The van der Waals surface area contributed by atoms with Gasteiger partial charge in [-0.2, -0.15) is 0 Å². The van der Waals surface area contributed by atoms with Gasteiger partial charge in [0.1, 0.15) is 4.32 Å². The summed E-state index contributed by atoms with van der Waals surface area (Å²) in [4.78, 5) is 32.2. The van der Waals surface area contributed by atoms with Crippen LogP contribution in [0.3, 0.4) is 0 Å². The average Bonchev–Trinajstić information content (AvgIpc) is 3.08. The quantitative estimate of drug-likeness (QED) is 0.233. The maximum atomic E-state index is 13.5. The molecule has 0 atom stereocenters. The Morgan fingerprint density at radius 1 is 1.00 bits per heavy atom. The van der Waals surface area contributed by atoms with Crippen LogP contribution >= 0.6 is 63.3 Å². The van der Waals surface area contributed by atoms with Gasteiger partial charge in [0, 0.05) is 32.3 Å². The third-order valence-corrected chi connectivity index (χ3v) is 8.54. The first kappa shape index (κ1) is 23.6. The molecule has 170 valence electrons. The zero-order valence-corrected chi connectivity index (χ0v) is 22.3. The topological polar surface area (TPSA) is 40.6 Å². The smallest absolute Gasteiger partial charge is 0.266 e. The first-order valence-electron chi connectivity index (χ1n) is 10.3. The van der Waals surface area contributed by atoms with E-state index in [1.807, 2.05) is 66.7 Å². The number of rotatable bonds is 4. The number of thioether (sulfide) groups is 1. The molecule has 0 N–H and O–H groups in total. The van der Waals surface area contributed by atoms with Gasteiger partial charge in [0.05, 0.1) is 16.3 Å². The van der Waals surface area contributed by atoms with Crippen LogP contribution < -0.4 is 4.90 Å². The van der Waals surface area contributed by atoms with Gasteiger partial charge in [-0.25, -0.2) is 0 Å². The Hall–Kier alpha value is -2.10. The highest BCUT2D eigenvalue weighted by Gasteiger charge is 2.34. The number of nitrogens with zero attached hydrogens (tertiary/aromatic N) is 2. The number of fused-ring (bicyclic) bond motifs is 2. The minimum atomic E-state index is -0.180. The second-order valence-corrected chi connectivity index (χ2v) is 11.7. The lowest BCUT2D eigenvalue weighted by Crippen LogP contribution is -2.35. The van der Waals surface area contributed by atoms with Crippen molar-refractivity contribution in [1.29, 1.82) is 0 Å². The fraction of sp³-hybridized carbons (Fsp3) is 0.0800. The van der Waals surface area contributed by atoms with E-state index in [0.29, 0.717) is 14.2 Å². The number of amides is 2. The summed E-state index contributed by atoms with van der Waals surface area (Å²) in [6.45, 7) is 0.209. The molecule has 4 nitrogen and oxygen atoms in total. The molecule has 0 spiro atoms. The van der Waals surface area contributed by atoms with E-state index in [1.165, 1.54) is 16.7 Å². The lowest BCUT2D eigenvalue weighted by Gasteiger charge is -2.31. The molecule has 3 aromatic carbocycles. The summed E-state index contributed by atoms with van der Waals surface area (Å²) in [7, 11) is 0. The molecule has 0 saturated carbocycles. The van der Waals surface area contributed by atoms with Crippen LogP contribution in [0.2, 0.25) is 5.02 Å². The molecule has 2 aliphatic rings. The van der Waals surface area contributed by atoms with E-state index in [4.69, 9.17) is 23.8 Å². The van der Waals surface area contributed by atoms with Crippen LogP contribution in [0.4, 0.5) is 11.4 Å². The van der Waals surface area contributed by atoms with Crippen LogP contribution in [-0.4, -0.2) is 27.6 Å². The summed E-state index contributed by atoms with van der Waals surface area (Å²) in [5.74, 6) is -0.304.